The maximum absolute atomic E-state index is 12.2. The van der Waals surface area contributed by atoms with Crippen LogP contribution < -0.4 is 0 Å². The van der Waals surface area contributed by atoms with Crippen molar-refractivity contribution >= 4 is 11.8 Å². The second kappa shape index (κ2) is 7.13. The van der Waals surface area contributed by atoms with E-state index in [4.69, 9.17) is 5.11 Å². The summed E-state index contributed by atoms with van der Waals surface area (Å²) in [7, 11) is 0. The quantitative estimate of drug-likeness (QED) is 0.812. The molecule has 2 atom stereocenters. The van der Waals surface area contributed by atoms with Gasteiger partial charge in [0.2, 0.25) is 0 Å². The number of fused-ring (bicyclic) bond motifs is 1. The van der Waals surface area contributed by atoms with Crippen molar-refractivity contribution in [3.05, 3.63) is 52.0 Å². The molecule has 0 bridgehead atoms. The van der Waals surface area contributed by atoms with Crippen LogP contribution in [0.25, 0.3) is 0 Å². The van der Waals surface area contributed by atoms with Gasteiger partial charge in [-0.25, -0.2) is 9.18 Å². The fourth-order valence-electron chi connectivity index (χ4n) is 2.93. The summed E-state index contributed by atoms with van der Waals surface area (Å²) < 4.78 is 12.2. The third-order valence-electron chi connectivity index (χ3n) is 4.11. The molecule has 1 aromatic carbocycles. The van der Waals surface area contributed by atoms with Crippen LogP contribution >= 0.6 is 0 Å². The van der Waals surface area contributed by atoms with Gasteiger partial charge in [0, 0.05) is 11.8 Å². The Morgan fingerprint density at radius 2 is 1.70 bits per heavy atom. The molecule has 0 aliphatic heterocycles. The average molecular weight is 321 g/mol. The Morgan fingerprint density at radius 3 is 2.17 bits per heavy atom. The summed E-state index contributed by atoms with van der Waals surface area (Å²) in [6, 6.07) is 4.67. The zero-order chi connectivity index (χ0) is 17.0. The zero-order valence-corrected chi connectivity index (χ0v) is 12.2. The van der Waals surface area contributed by atoms with E-state index in [9.17, 15) is 24.0 Å². The SMILES string of the molecule is O=C(O)c1ccc(F)cc1.O=NC1=C(O)C2CCCCC2C1=O. The molecule has 1 fully saturated rings. The first-order valence-corrected chi connectivity index (χ1v) is 7.25. The van der Waals surface area contributed by atoms with E-state index in [0.29, 0.717) is 0 Å². The fraction of sp³-hybridized carbons (Fsp3) is 0.375. The molecule has 0 spiro atoms. The highest BCUT2D eigenvalue weighted by molar-refractivity contribution is 6.00. The molecule has 0 aromatic heterocycles. The minimum atomic E-state index is -1.04. The maximum atomic E-state index is 12.2. The number of carbonyl (C=O) groups is 2. The number of nitroso groups, excluding NO2 is 1. The molecule has 2 aliphatic rings. The second-order valence-corrected chi connectivity index (χ2v) is 5.50. The van der Waals surface area contributed by atoms with Crippen LogP contribution in [0.5, 0.6) is 0 Å². The molecule has 0 amide bonds. The Bertz CT molecular complexity index is 653. The van der Waals surface area contributed by atoms with E-state index in [1.165, 1.54) is 12.1 Å². The van der Waals surface area contributed by atoms with Gasteiger partial charge in [-0.05, 0) is 42.3 Å². The molecule has 122 valence electrons. The number of hydrogen-bond acceptors (Lipinski definition) is 5. The number of benzene rings is 1. The van der Waals surface area contributed by atoms with Crippen LogP contribution in [0, 0.1) is 22.6 Å². The van der Waals surface area contributed by atoms with Gasteiger partial charge in [0.05, 0.1) is 5.56 Å². The standard InChI is InChI=1S/C9H11NO3.C7H5FO2/c11-8-5-3-1-2-4-6(5)9(12)7(8)10-13;8-6-3-1-5(2-4-6)7(9)10/h5-6,11H,1-4H2;1-4H,(H,9,10). The summed E-state index contributed by atoms with van der Waals surface area (Å²) in [5, 5.41) is 20.5. The molecule has 1 saturated carbocycles. The predicted octanol–water partition coefficient (Wildman–Crippen LogP) is 3.44. The van der Waals surface area contributed by atoms with E-state index in [-0.39, 0.29) is 34.6 Å². The second-order valence-electron chi connectivity index (χ2n) is 5.50. The third-order valence-corrected chi connectivity index (χ3v) is 4.11. The minimum absolute atomic E-state index is 0.0651. The molecule has 23 heavy (non-hydrogen) atoms. The van der Waals surface area contributed by atoms with Crippen LogP contribution in [0.1, 0.15) is 36.0 Å². The van der Waals surface area contributed by atoms with Gasteiger partial charge < -0.3 is 10.2 Å². The first kappa shape index (κ1) is 16.8. The Labute approximate surface area is 131 Å². The number of allylic oxidation sites excluding steroid dienone is 2. The van der Waals surface area contributed by atoms with Crippen molar-refractivity contribution in [3.8, 4) is 0 Å². The van der Waals surface area contributed by atoms with Gasteiger partial charge in [0.25, 0.3) is 0 Å². The molecular formula is C16H16FNO5. The largest absolute Gasteiger partial charge is 0.509 e. The third kappa shape index (κ3) is 3.61. The zero-order valence-electron chi connectivity index (χ0n) is 12.2. The molecule has 7 heteroatoms. The lowest BCUT2D eigenvalue weighted by Gasteiger charge is -2.23. The smallest absolute Gasteiger partial charge is 0.335 e. The van der Waals surface area contributed by atoms with Crippen LogP contribution in [-0.2, 0) is 4.79 Å². The number of aliphatic hydroxyl groups is 1. The van der Waals surface area contributed by atoms with Crippen molar-refractivity contribution < 1.29 is 24.2 Å². The van der Waals surface area contributed by atoms with Crippen LogP contribution in [0.2, 0.25) is 0 Å². The Balaban J connectivity index is 0.000000174. The number of carbonyl (C=O) groups excluding carboxylic acids is 1. The number of Topliss-reactive ketones (excluding diaryl/α,β-unsaturated/α-hetero) is 1. The Kier molecular flexibility index (Phi) is 5.20. The van der Waals surface area contributed by atoms with E-state index in [2.05, 4.69) is 5.18 Å². The number of carboxylic acids is 1. The van der Waals surface area contributed by atoms with E-state index >= 15 is 0 Å². The molecule has 2 aliphatic carbocycles. The van der Waals surface area contributed by atoms with Gasteiger partial charge in [-0.15, -0.1) is 4.91 Å². The van der Waals surface area contributed by atoms with Crippen molar-refractivity contribution in [2.75, 3.05) is 0 Å². The molecule has 2 unspecified atom stereocenters. The summed E-state index contributed by atoms with van der Waals surface area (Å²) in [4.78, 5) is 31.9. The van der Waals surface area contributed by atoms with Crippen molar-refractivity contribution in [3.63, 3.8) is 0 Å². The summed E-state index contributed by atoms with van der Waals surface area (Å²) in [6.07, 6.45) is 3.62. The maximum Gasteiger partial charge on any atom is 0.335 e. The van der Waals surface area contributed by atoms with Crippen LogP contribution in [0.4, 0.5) is 4.39 Å². The number of ketones is 1. The molecular weight excluding hydrogens is 305 g/mol. The van der Waals surface area contributed by atoms with E-state index in [0.717, 1.165) is 37.8 Å². The number of aliphatic hydroxyl groups excluding tert-OH is 1. The lowest BCUT2D eigenvalue weighted by molar-refractivity contribution is -0.120. The molecule has 6 nitrogen and oxygen atoms in total. The minimum Gasteiger partial charge on any atom is -0.509 e. The van der Waals surface area contributed by atoms with Crippen molar-refractivity contribution in [1.82, 2.24) is 0 Å². The molecule has 2 N–H and O–H groups in total. The average Bonchev–Trinajstić information content (AvgIpc) is 2.80. The van der Waals surface area contributed by atoms with Gasteiger partial charge in [0.1, 0.15) is 11.6 Å². The molecule has 3 rings (SSSR count). The lowest BCUT2D eigenvalue weighted by atomic mass is 9.80. The molecule has 0 heterocycles. The summed E-state index contributed by atoms with van der Waals surface area (Å²) >= 11 is 0. The van der Waals surface area contributed by atoms with Gasteiger partial charge in [-0.3, -0.25) is 4.79 Å². The highest BCUT2D eigenvalue weighted by Gasteiger charge is 2.44. The number of nitrogens with zero attached hydrogens (tertiary/aromatic N) is 1. The first-order valence-electron chi connectivity index (χ1n) is 7.25. The van der Waals surface area contributed by atoms with Gasteiger partial charge in [-0.1, -0.05) is 12.8 Å². The summed E-state index contributed by atoms with van der Waals surface area (Å²) in [6.45, 7) is 0. The normalized spacial score (nSPS) is 22.9. The van der Waals surface area contributed by atoms with Gasteiger partial charge in [-0.2, -0.15) is 0 Å². The number of hydrogen-bond donors (Lipinski definition) is 2. The van der Waals surface area contributed by atoms with Crippen LogP contribution in [0.3, 0.4) is 0 Å². The predicted molar refractivity (Wildman–Crippen MR) is 79.3 cm³/mol. The van der Waals surface area contributed by atoms with Gasteiger partial charge in [0.15, 0.2) is 11.5 Å². The molecule has 0 saturated heterocycles. The summed E-state index contributed by atoms with van der Waals surface area (Å²) in [5.74, 6) is -2.07. The topological polar surface area (TPSA) is 104 Å². The van der Waals surface area contributed by atoms with Gasteiger partial charge >= 0.3 is 5.97 Å². The Morgan fingerprint density at radius 1 is 1.13 bits per heavy atom. The molecule has 1 aromatic rings. The van der Waals surface area contributed by atoms with E-state index in [1.807, 2.05) is 0 Å². The number of halogens is 1. The molecule has 0 radical (unpaired) electrons. The van der Waals surface area contributed by atoms with E-state index in [1.54, 1.807) is 0 Å². The fourth-order valence-corrected chi connectivity index (χ4v) is 2.93. The number of rotatable bonds is 2. The summed E-state index contributed by atoms with van der Waals surface area (Å²) in [5.41, 5.74) is -0.127. The van der Waals surface area contributed by atoms with Crippen molar-refractivity contribution in [2.45, 2.75) is 25.7 Å². The van der Waals surface area contributed by atoms with Crippen molar-refractivity contribution in [1.29, 1.82) is 0 Å². The van der Waals surface area contributed by atoms with E-state index < -0.39 is 11.8 Å². The highest BCUT2D eigenvalue weighted by Crippen LogP contribution is 2.42. The lowest BCUT2D eigenvalue weighted by Crippen LogP contribution is -2.21. The Hall–Kier alpha value is -2.57. The number of aromatic carboxylic acids is 1. The number of carboxylic acid groups (broad SMARTS) is 1. The van der Waals surface area contributed by atoms with Crippen molar-refractivity contribution in [2.24, 2.45) is 17.0 Å². The van der Waals surface area contributed by atoms with Crippen LogP contribution in [0.15, 0.2) is 40.9 Å². The monoisotopic (exact) mass is 321 g/mol. The first-order chi connectivity index (χ1) is 11.0. The highest BCUT2D eigenvalue weighted by atomic mass is 19.1. The van der Waals surface area contributed by atoms with Crippen LogP contribution in [-0.4, -0.2) is 22.0 Å².